The highest BCUT2D eigenvalue weighted by atomic mass is 35.5. The van der Waals surface area contributed by atoms with E-state index in [1.165, 1.54) is 0 Å². The molecule has 2 amide bonds. The molecule has 3 atom stereocenters. The van der Waals surface area contributed by atoms with E-state index in [0.29, 0.717) is 37.4 Å². The Hall–Kier alpha value is -1.79. The molecule has 148 valence electrons. The lowest BCUT2D eigenvalue weighted by Crippen LogP contribution is -2.58. The number of hydrogen-bond acceptors (Lipinski definition) is 3. The summed E-state index contributed by atoms with van der Waals surface area (Å²) in [5.74, 6) is -0.337. The summed E-state index contributed by atoms with van der Waals surface area (Å²) in [6.45, 7) is 4.78. The topological polar surface area (TPSA) is 89.9 Å². The largest absolute Gasteiger partial charge is 0.465 e. The highest BCUT2D eigenvalue weighted by Crippen LogP contribution is 2.46. The smallest absolute Gasteiger partial charge is 0.404 e. The Morgan fingerprint density at radius 3 is 2.48 bits per heavy atom. The third-order valence-corrected chi connectivity index (χ3v) is 6.48. The van der Waals surface area contributed by atoms with Gasteiger partial charge >= 0.3 is 6.09 Å². The zero-order chi connectivity index (χ0) is 19.8. The van der Waals surface area contributed by atoms with Crippen molar-refractivity contribution in [2.75, 3.05) is 13.1 Å². The highest BCUT2D eigenvalue weighted by Gasteiger charge is 2.50. The highest BCUT2D eigenvalue weighted by molar-refractivity contribution is 6.30. The number of carbonyl (C=O) groups is 2. The second-order valence-electron chi connectivity index (χ2n) is 8.35. The van der Waals surface area contributed by atoms with Crippen molar-refractivity contribution in [3.8, 4) is 0 Å². The van der Waals surface area contributed by atoms with Gasteiger partial charge in [0.15, 0.2) is 0 Å². The molecule has 0 aromatic heterocycles. The molecule has 6 nitrogen and oxygen atoms in total. The SMILES string of the molecule is CC1(C)CN(C(=O)[C@H]2CCC[C@H]2NC(=O)O)CC[C@]1(O)c1ccc(Cl)cc1. The first-order chi connectivity index (χ1) is 12.6. The molecule has 7 heteroatoms. The van der Waals surface area contributed by atoms with Crippen LogP contribution in [-0.2, 0) is 10.4 Å². The molecule has 0 bridgehead atoms. The molecule has 1 aliphatic carbocycles. The Kier molecular flexibility index (Phi) is 5.41. The zero-order valence-corrected chi connectivity index (χ0v) is 16.5. The Balaban J connectivity index is 1.75. The van der Waals surface area contributed by atoms with Gasteiger partial charge in [-0.1, -0.05) is 44.0 Å². The lowest BCUT2D eigenvalue weighted by molar-refractivity contribution is -0.156. The molecule has 0 unspecified atom stereocenters. The maximum Gasteiger partial charge on any atom is 0.404 e. The lowest BCUT2D eigenvalue weighted by Gasteiger charge is -2.51. The van der Waals surface area contributed by atoms with Gasteiger partial charge in [0.1, 0.15) is 0 Å². The first-order valence-corrected chi connectivity index (χ1v) is 9.78. The number of likely N-dealkylation sites (tertiary alicyclic amines) is 1. The number of carboxylic acid groups (broad SMARTS) is 1. The molecule has 1 aromatic carbocycles. The fourth-order valence-corrected chi connectivity index (χ4v) is 4.72. The zero-order valence-electron chi connectivity index (χ0n) is 15.7. The van der Waals surface area contributed by atoms with Crippen LogP contribution < -0.4 is 5.32 Å². The van der Waals surface area contributed by atoms with Crippen molar-refractivity contribution >= 4 is 23.6 Å². The van der Waals surface area contributed by atoms with Crippen molar-refractivity contribution in [3.05, 3.63) is 34.9 Å². The fourth-order valence-electron chi connectivity index (χ4n) is 4.59. The van der Waals surface area contributed by atoms with Crippen molar-refractivity contribution < 1.29 is 19.8 Å². The minimum Gasteiger partial charge on any atom is -0.465 e. The lowest BCUT2D eigenvalue weighted by atomic mass is 9.66. The number of carbonyl (C=O) groups excluding carboxylic acids is 1. The predicted molar refractivity (Wildman–Crippen MR) is 103 cm³/mol. The maximum absolute atomic E-state index is 13.1. The maximum atomic E-state index is 13.1. The molecule has 1 aliphatic heterocycles. The molecule has 3 N–H and O–H groups in total. The van der Waals surface area contributed by atoms with Gasteiger partial charge in [0, 0.05) is 29.6 Å². The van der Waals surface area contributed by atoms with Crippen molar-refractivity contribution in [3.63, 3.8) is 0 Å². The Bertz CT molecular complexity index is 721. The quantitative estimate of drug-likeness (QED) is 0.734. The Morgan fingerprint density at radius 1 is 1.22 bits per heavy atom. The van der Waals surface area contributed by atoms with Gasteiger partial charge in [-0.05, 0) is 37.0 Å². The molecule has 0 spiro atoms. The van der Waals surface area contributed by atoms with Crippen LogP contribution in [0, 0.1) is 11.3 Å². The van der Waals surface area contributed by atoms with E-state index in [2.05, 4.69) is 5.32 Å². The van der Waals surface area contributed by atoms with E-state index in [-0.39, 0.29) is 17.9 Å². The minimum absolute atomic E-state index is 0.0162. The summed E-state index contributed by atoms with van der Waals surface area (Å²) in [5, 5.41) is 23.5. The first-order valence-electron chi connectivity index (χ1n) is 9.41. The number of hydrogen-bond donors (Lipinski definition) is 3. The van der Waals surface area contributed by atoms with E-state index in [1.54, 1.807) is 17.0 Å². The third-order valence-electron chi connectivity index (χ3n) is 6.22. The molecule has 2 aliphatic rings. The van der Waals surface area contributed by atoms with Gasteiger partial charge < -0.3 is 20.4 Å². The van der Waals surface area contributed by atoms with Crippen LogP contribution in [0.4, 0.5) is 4.79 Å². The predicted octanol–water partition coefficient (Wildman–Crippen LogP) is 3.22. The second-order valence-corrected chi connectivity index (χ2v) is 8.79. The number of nitrogens with zero attached hydrogens (tertiary/aromatic N) is 1. The van der Waals surface area contributed by atoms with Crippen molar-refractivity contribution in [2.24, 2.45) is 11.3 Å². The molecule has 1 saturated heterocycles. The monoisotopic (exact) mass is 394 g/mol. The second kappa shape index (κ2) is 7.32. The van der Waals surface area contributed by atoms with Gasteiger partial charge in [0.25, 0.3) is 0 Å². The summed E-state index contributed by atoms with van der Waals surface area (Å²) >= 11 is 5.97. The van der Waals surface area contributed by atoms with E-state index >= 15 is 0 Å². The van der Waals surface area contributed by atoms with Gasteiger partial charge in [-0.2, -0.15) is 0 Å². The first kappa shape index (κ1) is 20.0. The number of nitrogens with one attached hydrogen (secondary N) is 1. The van der Waals surface area contributed by atoms with Crippen LogP contribution in [0.15, 0.2) is 24.3 Å². The number of piperidine rings is 1. The molecular formula is C20H27ClN2O4. The summed E-state index contributed by atoms with van der Waals surface area (Å²) in [4.78, 5) is 25.8. The van der Waals surface area contributed by atoms with Crippen LogP contribution in [0.25, 0.3) is 0 Å². The van der Waals surface area contributed by atoms with E-state index in [9.17, 15) is 14.7 Å². The summed E-state index contributed by atoms with van der Waals surface area (Å²) in [6, 6.07) is 6.89. The van der Waals surface area contributed by atoms with Gasteiger partial charge in [-0.3, -0.25) is 4.79 Å². The molecule has 1 aromatic rings. The van der Waals surface area contributed by atoms with Crippen LogP contribution in [0.5, 0.6) is 0 Å². The summed E-state index contributed by atoms with van der Waals surface area (Å²) in [7, 11) is 0. The van der Waals surface area contributed by atoms with Crippen molar-refractivity contribution in [1.82, 2.24) is 10.2 Å². The molecule has 27 heavy (non-hydrogen) atoms. The molecule has 3 rings (SSSR count). The van der Waals surface area contributed by atoms with Gasteiger partial charge in [0.05, 0.1) is 11.5 Å². The number of amides is 2. The molecule has 2 fully saturated rings. The molecule has 1 heterocycles. The average Bonchev–Trinajstić information content (AvgIpc) is 3.04. The Morgan fingerprint density at radius 2 is 1.89 bits per heavy atom. The molecular weight excluding hydrogens is 368 g/mol. The van der Waals surface area contributed by atoms with Crippen LogP contribution in [0.3, 0.4) is 0 Å². The van der Waals surface area contributed by atoms with Crippen LogP contribution >= 0.6 is 11.6 Å². The van der Waals surface area contributed by atoms with E-state index in [1.807, 2.05) is 26.0 Å². The summed E-state index contributed by atoms with van der Waals surface area (Å²) in [6.07, 6.45) is 1.57. The van der Waals surface area contributed by atoms with Gasteiger partial charge in [-0.15, -0.1) is 0 Å². The molecule has 0 radical (unpaired) electrons. The number of halogens is 1. The normalized spacial score (nSPS) is 30.1. The van der Waals surface area contributed by atoms with Gasteiger partial charge in [-0.25, -0.2) is 4.79 Å². The van der Waals surface area contributed by atoms with Crippen molar-refractivity contribution in [2.45, 2.75) is 51.2 Å². The number of rotatable bonds is 3. The number of benzene rings is 1. The summed E-state index contributed by atoms with van der Waals surface area (Å²) in [5.41, 5.74) is -0.804. The van der Waals surface area contributed by atoms with E-state index in [4.69, 9.17) is 16.7 Å². The third kappa shape index (κ3) is 3.78. The number of aliphatic hydroxyl groups is 1. The fraction of sp³-hybridized carbons (Fsp3) is 0.600. The van der Waals surface area contributed by atoms with E-state index in [0.717, 1.165) is 12.0 Å². The average molecular weight is 395 g/mol. The van der Waals surface area contributed by atoms with Gasteiger partial charge in [0.2, 0.25) is 5.91 Å². The summed E-state index contributed by atoms with van der Waals surface area (Å²) < 4.78 is 0. The standard InChI is InChI=1S/C20H27ClN2O4/c1-19(2)12-23(17(24)15-4-3-5-16(15)22-18(25)26)11-10-20(19,27)13-6-8-14(21)9-7-13/h6-9,15-16,22,27H,3-5,10-12H2,1-2H3,(H,25,26)/t15-,16+,20-/m0/s1. The van der Waals surface area contributed by atoms with Crippen LogP contribution in [0.2, 0.25) is 5.02 Å². The molecule has 1 saturated carbocycles. The van der Waals surface area contributed by atoms with Crippen LogP contribution in [-0.4, -0.2) is 46.2 Å². The Labute approximate surface area is 164 Å². The minimum atomic E-state index is -1.09. The van der Waals surface area contributed by atoms with Crippen LogP contribution in [0.1, 0.15) is 45.1 Å². The van der Waals surface area contributed by atoms with E-state index < -0.39 is 17.1 Å². The van der Waals surface area contributed by atoms with Crippen molar-refractivity contribution in [1.29, 1.82) is 0 Å².